The Labute approximate surface area is 194 Å². The van der Waals surface area contributed by atoms with E-state index in [0.29, 0.717) is 23.4 Å². The van der Waals surface area contributed by atoms with Crippen LogP contribution in [0.2, 0.25) is 0 Å². The Morgan fingerprint density at radius 2 is 1.94 bits per heavy atom. The number of hydrogen-bond donors (Lipinski definition) is 1. The lowest BCUT2D eigenvalue weighted by atomic mass is 10.1. The van der Waals surface area contributed by atoms with Crippen molar-refractivity contribution < 1.29 is 22.5 Å². The number of pyridine rings is 1. The van der Waals surface area contributed by atoms with Gasteiger partial charge in [0.1, 0.15) is 29.5 Å². The number of rotatable bonds is 6. The van der Waals surface area contributed by atoms with Crippen molar-refractivity contribution in [1.29, 1.82) is 0 Å². The molecule has 1 amide bonds. The molecule has 0 aromatic carbocycles. The molecule has 0 bridgehead atoms. The number of fused-ring (bicyclic) bond motifs is 1. The van der Waals surface area contributed by atoms with Crippen LogP contribution in [0.15, 0.2) is 38.6 Å². The standard InChI is InChI=1S/C21H20F3N7O4/c1-4-12-6-14(21(22,23)24)26-15(7-12)27-16(32)9-30-10-25-18-17(30)19(33)31(20(34)29(18)3)8-13-5-11(2)35-28-13/h5-7,10H,4,8-9H2,1-3H3,(H,26,27,32). The molecule has 0 spiro atoms. The summed E-state index contributed by atoms with van der Waals surface area (Å²) in [5.41, 5.74) is -1.76. The van der Waals surface area contributed by atoms with Crippen LogP contribution in [0.1, 0.15) is 29.6 Å². The summed E-state index contributed by atoms with van der Waals surface area (Å²) in [6, 6.07) is 3.83. The van der Waals surface area contributed by atoms with Crippen molar-refractivity contribution >= 4 is 22.9 Å². The van der Waals surface area contributed by atoms with Gasteiger partial charge in [0.15, 0.2) is 11.2 Å². The summed E-state index contributed by atoms with van der Waals surface area (Å²) in [6.07, 6.45) is -3.17. The molecule has 0 saturated heterocycles. The number of carbonyl (C=O) groups excluding carboxylic acids is 1. The van der Waals surface area contributed by atoms with Gasteiger partial charge in [-0.2, -0.15) is 13.2 Å². The second kappa shape index (κ2) is 8.85. The first-order valence-corrected chi connectivity index (χ1v) is 10.4. The van der Waals surface area contributed by atoms with Crippen LogP contribution in [0.5, 0.6) is 0 Å². The molecule has 0 saturated carbocycles. The summed E-state index contributed by atoms with van der Waals surface area (Å²) in [5.74, 6) is -0.496. The number of carbonyl (C=O) groups is 1. The Kier molecular flexibility index (Phi) is 6.05. The maximum atomic E-state index is 13.1. The lowest BCUT2D eigenvalue weighted by Crippen LogP contribution is -2.40. The van der Waals surface area contributed by atoms with E-state index in [-0.39, 0.29) is 23.5 Å². The van der Waals surface area contributed by atoms with Crippen molar-refractivity contribution in [2.45, 2.75) is 39.5 Å². The number of hydrogen-bond acceptors (Lipinski definition) is 7. The van der Waals surface area contributed by atoms with Crippen LogP contribution in [-0.2, 0) is 37.5 Å². The first-order chi connectivity index (χ1) is 16.5. The van der Waals surface area contributed by atoms with Gasteiger partial charge in [-0.15, -0.1) is 0 Å². The Balaban J connectivity index is 1.67. The quantitative estimate of drug-likeness (QED) is 0.436. The topological polar surface area (TPSA) is 130 Å². The van der Waals surface area contributed by atoms with Crippen molar-refractivity contribution in [2.24, 2.45) is 7.05 Å². The Hall–Kier alpha value is -4.23. The van der Waals surface area contributed by atoms with Gasteiger partial charge < -0.3 is 14.4 Å². The third-order valence-electron chi connectivity index (χ3n) is 5.26. The molecule has 0 aliphatic rings. The van der Waals surface area contributed by atoms with E-state index in [1.807, 2.05) is 0 Å². The average Bonchev–Trinajstić information content (AvgIpc) is 3.40. The lowest BCUT2D eigenvalue weighted by molar-refractivity contribution is -0.141. The van der Waals surface area contributed by atoms with Crippen molar-refractivity contribution in [3.05, 3.63) is 68.1 Å². The third kappa shape index (κ3) is 4.72. The highest BCUT2D eigenvalue weighted by atomic mass is 19.4. The van der Waals surface area contributed by atoms with E-state index in [1.165, 1.54) is 24.0 Å². The molecule has 1 N–H and O–H groups in total. The molecule has 0 fully saturated rings. The van der Waals surface area contributed by atoms with E-state index in [2.05, 4.69) is 20.4 Å². The number of imidazole rings is 1. The highest BCUT2D eigenvalue weighted by molar-refractivity contribution is 5.90. The summed E-state index contributed by atoms with van der Waals surface area (Å²) in [7, 11) is 1.42. The smallest absolute Gasteiger partial charge is 0.361 e. The number of anilines is 1. The molecule has 14 heteroatoms. The molecular formula is C21H20F3N7O4. The Morgan fingerprint density at radius 3 is 2.57 bits per heavy atom. The van der Waals surface area contributed by atoms with Gasteiger partial charge in [-0.25, -0.2) is 14.8 Å². The highest BCUT2D eigenvalue weighted by Crippen LogP contribution is 2.29. The summed E-state index contributed by atoms with van der Waals surface area (Å²) in [5, 5.41) is 6.13. The molecule has 11 nitrogen and oxygen atoms in total. The van der Waals surface area contributed by atoms with E-state index in [0.717, 1.165) is 15.2 Å². The predicted octanol–water partition coefficient (Wildman–Crippen LogP) is 1.86. The number of aryl methyl sites for hydroxylation is 3. The molecule has 4 aromatic heterocycles. The molecule has 0 aliphatic carbocycles. The largest absolute Gasteiger partial charge is 0.433 e. The van der Waals surface area contributed by atoms with Crippen LogP contribution < -0.4 is 16.6 Å². The summed E-state index contributed by atoms with van der Waals surface area (Å²) < 4.78 is 47.7. The van der Waals surface area contributed by atoms with E-state index >= 15 is 0 Å². The molecule has 35 heavy (non-hydrogen) atoms. The average molecular weight is 491 g/mol. The fraction of sp³-hybridized carbons (Fsp3) is 0.333. The Morgan fingerprint density at radius 1 is 1.20 bits per heavy atom. The number of nitrogens with zero attached hydrogens (tertiary/aromatic N) is 6. The number of amides is 1. The number of aromatic nitrogens is 6. The van der Waals surface area contributed by atoms with E-state index in [1.54, 1.807) is 19.9 Å². The maximum Gasteiger partial charge on any atom is 0.433 e. The normalized spacial score (nSPS) is 11.8. The zero-order valence-electron chi connectivity index (χ0n) is 18.9. The number of halogens is 3. The molecule has 0 radical (unpaired) electrons. The van der Waals surface area contributed by atoms with Gasteiger partial charge in [0.25, 0.3) is 5.56 Å². The summed E-state index contributed by atoms with van der Waals surface area (Å²) in [6.45, 7) is 2.72. The maximum absolute atomic E-state index is 13.1. The lowest BCUT2D eigenvalue weighted by Gasteiger charge is -2.12. The van der Waals surface area contributed by atoms with Gasteiger partial charge in [-0.1, -0.05) is 12.1 Å². The number of nitrogens with one attached hydrogen (secondary N) is 1. The zero-order valence-corrected chi connectivity index (χ0v) is 18.9. The van der Waals surface area contributed by atoms with Crippen LogP contribution in [0.3, 0.4) is 0 Å². The minimum Gasteiger partial charge on any atom is -0.361 e. The van der Waals surface area contributed by atoms with Crippen LogP contribution in [0, 0.1) is 6.92 Å². The first-order valence-electron chi connectivity index (χ1n) is 10.4. The van der Waals surface area contributed by atoms with Gasteiger partial charge >= 0.3 is 11.9 Å². The third-order valence-corrected chi connectivity index (χ3v) is 5.26. The molecule has 0 unspecified atom stereocenters. The van der Waals surface area contributed by atoms with Gasteiger partial charge in [0, 0.05) is 13.1 Å². The van der Waals surface area contributed by atoms with Gasteiger partial charge in [-0.3, -0.25) is 18.7 Å². The van der Waals surface area contributed by atoms with Crippen LogP contribution in [-0.4, -0.2) is 34.7 Å². The molecule has 0 aliphatic heterocycles. The fourth-order valence-electron chi connectivity index (χ4n) is 3.57. The van der Waals surface area contributed by atoms with E-state index in [4.69, 9.17) is 4.52 Å². The van der Waals surface area contributed by atoms with Crippen molar-refractivity contribution in [3.63, 3.8) is 0 Å². The minimum absolute atomic E-state index is 0.0336. The van der Waals surface area contributed by atoms with E-state index < -0.39 is 35.6 Å². The zero-order chi connectivity index (χ0) is 25.5. The minimum atomic E-state index is -4.68. The van der Waals surface area contributed by atoms with Gasteiger partial charge in [0.2, 0.25) is 5.91 Å². The molecule has 184 valence electrons. The van der Waals surface area contributed by atoms with Crippen molar-refractivity contribution in [1.82, 2.24) is 28.8 Å². The number of alkyl halides is 3. The summed E-state index contributed by atoms with van der Waals surface area (Å²) >= 11 is 0. The molecule has 0 atom stereocenters. The first kappa shape index (κ1) is 23.9. The highest BCUT2D eigenvalue weighted by Gasteiger charge is 2.33. The van der Waals surface area contributed by atoms with Crippen LogP contribution in [0.25, 0.3) is 11.2 Å². The van der Waals surface area contributed by atoms with Crippen LogP contribution >= 0.6 is 0 Å². The van der Waals surface area contributed by atoms with Crippen molar-refractivity contribution in [3.8, 4) is 0 Å². The van der Waals surface area contributed by atoms with E-state index in [9.17, 15) is 27.6 Å². The molecular weight excluding hydrogens is 471 g/mol. The SMILES string of the molecule is CCc1cc(NC(=O)Cn2cnc3c2c(=O)n(Cc2cc(C)on2)c(=O)n3C)nc(C(F)(F)F)c1. The predicted molar refractivity (Wildman–Crippen MR) is 117 cm³/mol. The monoisotopic (exact) mass is 491 g/mol. The molecule has 4 rings (SSSR count). The molecule has 4 heterocycles. The van der Waals surface area contributed by atoms with Gasteiger partial charge in [0.05, 0.1) is 12.9 Å². The fourth-order valence-corrected chi connectivity index (χ4v) is 3.57. The Bertz CT molecular complexity index is 1550. The summed E-state index contributed by atoms with van der Waals surface area (Å²) in [4.78, 5) is 46.0. The second-order valence-electron chi connectivity index (χ2n) is 7.85. The van der Waals surface area contributed by atoms with Gasteiger partial charge in [-0.05, 0) is 31.0 Å². The van der Waals surface area contributed by atoms with Crippen LogP contribution in [0.4, 0.5) is 19.0 Å². The molecule has 4 aromatic rings. The second-order valence-corrected chi connectivity index (χ2v) is 7.85. The van der Waals surface area contributed by atoms with Crippen molar-refractivity contribution in [2.75, 3.05) is 5.32 Å².